The number of aliphatic hydroxyl groups is 1. The first-order chi connectivity index (χ1) is 7.58. The Morgan fingerprint density at radius 3 is 3.06 bits per heavy atom. The molecule has 2 heterocycles. The van der Waals surface area contributed by atoms with Crippen LogP contribution in [0.15, 0.2) is 6.07 Å². The van der Waals surface area contributed by atoms with E-state index in [1.807, 2.05) is 0 Å². The van der Waals surface area contributed by atoms with E-state index < -0.39 is 12.1 Å². The monoisotopic (exact) mass is 224 g/mol. The van der Waals surface area contributed by atoms with Crippen LogP contribution < -0.4 is 0 Å². The van der Waals surface area contributed by atoms with E-state index in [9.17, 15) is 9.90 Å². The number of fused-ring (bicyclic) bond motifs is 1. The van der Waals surface area contributed by atoms with Crippen molar-refractivity contribution in [2.45, 2.75) is 45.4 Å². The molecule has 1 aromatic heterocycles. The maximum absolute atomic E-state index is 11.6. The van der Waals surface area contributed by atoms with E-state index in [0.717, 1.165) is 19.4 Å². The summed E-state index contributed by atoms with van der Waals surface area (Å²) in [5.41, 5.74) is 0.992. The van der Waals surface area contributed by atoms with Crippen LogP contribution in [0.5, 0.6) is 0 Å². The lowest BCUT2D eigenvalue weighted by Crippen LogP contribution is -2.16. The van der Waals surface area contributed by atoms with Crippen LogP contribution in [-0.4, -0.2) is 27.0 Å². The van der Waals surface area contributed by atoms with Crippen molar-refractivity contribution in [1.29, 1.82) is 0 Å². The van der Waals surface area contributed by atoms with E-state index in [-0.39, 0.29) is 11.8 Å². The molecule has 1 aliphatic rings. The van der Waals surface area contributed by atoms with Crippen molar-refractivity contribution in [1.82, 2.24) is 9.78 Å². The van der Waals surface area contributed by atoms with E-state index in [0.29, 0.717) is 5.69 Å². The van der Waals surface area contributed by atoms with Gasteiger partial charge in [-0.2, -0.15) is 5.10 Å². The molecule has 0 radical (unpaired) electrons. The molecule has 88 valence electrons. The zero-order valence-corrected chi connectivity index (χ0v) is 9.51. The molecule has 0 amide bonds. The standard InChI is InChI=1S/C11H16N2O3/c1-7(2)16-11(15)8-6-9-10(14)4-3-5-13(9)12-8/h6-7,10,14H,3-5H2,1-2H3. The highest BCUT2D eigenvalue weighted by molar-refractivity contribution is 5.87. The molecule has 1 aromatic rings. The van der Waals surface area contributed by atoms with Gasteiger partial charge in [-0.3, -0.25) is 4.68 Å². The first-order valence-electron chi connectivity index (χ1n) is 5.54. The average molecular weight is 224 g/mol. The van der Waals surface area contributed by atoms with E-state index >= 15 is 0 Å². The maximum Gasteiger partial charge on any atom is 0.359 e. The van der Waals surface area contributed by atoms with Crippen LogP contribution >= 0.6 is 0 Å². The van der Waals surface area contributed by atoms with Crippen molar-refractivity contribution in [2.75, 3.05) is 0 Å². The summed E-state index contributed by atoms with van der Waals surface area (Å²) < 4.78 is 6.74. The Balaban J connectivity index is 2.21. The number of carbonyl (C=O) groups excluding carboxylic acids is 1. The number of carbonyl (C=O) groups is 1. The van der Waals surface area contributed by atoms with Crippen LogP contribution in [-0.2, 0) is 11.3 Å². The van der Waals surface area contributed by atoms with Crippen LogP contribution in [0.25, 0.3) is 0 Å². The highest BCUT2D eigenvalue weighted by Crippen LogP contribution is 2.25. The zero-order chi connectivity index (χ0) is 11.7. The minimum atomic E-state index is -0.512. The topological polar surface area (TPSA) is 64.4 Å². The molecular weight excluding hydrogens is 208 g/mol. The Labute approximate surface area is 94.0 Å². The van der Waals surface area contributed by atoms with Gasteiger partial charge in [0.05, 0.1) is 17.9 Å². The summed E-state index contributed by atoms with van der Waals surface area (Å²) in [7, 11) is 0. The summed E-state index contributed by atoms with van der Waals surface area (Å²) in [5.74, 6) is -0.427. The van der Waals surface area contributed by atoms with Gasteiger partial charge in [0.15, 0.2) is 5.69 Å². The SMILES string of the molecule is CC(C)OC(=O)c1cc2n(n1)CCCC2O. The van der Waals surface area contributed by atoms with Crippen LogP contribution in [0.1, 0.15) is 49.0 Å². The molecule has 1 unspecified atom stereocenters. The quantitative estimate of drug-likeness (QED) is 0.768. The number of aromatic nitrogens is 2. The van der Waals surface area contributed by atoms with E-state index in [1.54, 1.807) is 24.6 Å². The molecule has 5 heteroatoms. The molecular formula is C11H16N2O3. The molecule has 0 saturated carbocycles. The molecule has 0 saturated heterocycles. The van der Waals surface area contributed by atoms with Gasteiger partial charge in [0.25, 0.3) is 0 Å². The molecule has 5 nitrogen and oxygen atoms in total. The molecule has 1 N–H and O–H groups in total. The van der Waals surface area contributed by atoms with Crippen LogP contribution in [0.4, 0.5) is 0 Å². The first kappa shape index (κ1) is 11.1. The average Bonchev–Trinajstić information content (AvgIpc) is 2.61. The molecule has 0 bridgehead atoms. The van der Waals surface area contributed by atoms with Gasteiger partial charge in [0.2, 0.25) is 0 Å². The Bertz CT molecular complexity index is 398. The molecule has 0 aliphatic carbocycles. The first-order valence-corrected chi connectivity index (χ1v) is 5.54. The number of ether oxygens (including phenoxy) is 1. The Morgan fingerprint density at radius 2 is 2.44 bits per heavy atom. The molecule has 1 atom stereocenters. The van der Waals surface area contributed by atoms with Gasteiger partial charge in [-0.15, -0.1) is 0 Å². The maximum atomic E-state index is 11.6. The summed E-state index contributed by atoms with van der Waals surface area (Å²) in [6.45, 7) is 4.34. The van der Waals surface area contributed by atoms with Gasteiger partial charge in [0.1, 0.15) is 0 Å². The van der Waals surface area contributed by atoms with Gasteiger partial charge in [-0.1, -0.05) is 0 Å². The van der Waals surface area contributed by atoms with E-state index in [2.05, 4.69) is 5.10 Å². The third kappa shape index (κ3) is 2.09. The fourth-order valence-electron chi connectivity index (χ4n) is 1.84. The van der Waals surface area contributed by atoms with E-state index in [1.165, 1.54) is 0 Å². The van der Waals surface area contributed by atoms with E-state index in [4.69, 9.17) is 4.74 Å². The Morgan fingerprint density at radius 1 is 1.69 bits per heavy atom. The molecule has 0 spiro atoms. The fraction of sp³-hybridized carbons (Fsp3) is 0.636. The number of aryl methyl sites for hydroxylation is 1. The summed E-state index contributed by atoms with van der Waals surface area (Å²) in [6, 6.07) is 1.62. The number of aliphatic hydroxyl groups excluding tert-OH is 1. The summed E-state index contributed by atoms with van der Waals surface area (Å²) in [4.78, 5) is 11.6. The van der Waals surface area contributed by atoms with Crippen molar-refractivity contribution in [2.24, 2.45) is 0 Å². The molecule has 0 aromatic carbocycles. The van der Waals surface area contributed by atoms with Crippen molar-refractivity contribution < 1.29 is 14.6 Å². The van der Waals surface area contributed by atoms with Gasteiger partial charge in [0, 0.05) is 6.54 Å². The van der Waals surface area contributed by atoms with Crippen molar-refractivity contribution in [3.8, 4) is 0 Å². The molecule has 2 rings (SSSR count). The second-order valence-corrected chi connectivity index (χ2v) is 4.29. The third-order valence-corrected chi connectivity index (χ3v) is 2.55. The normalized spacial score (nSPS) is 19.6. The minimum absolute atomic E-state index is 0.156. The number of rotatable bonds is 2. The third-order valence-electron chi connectivity index (χ3n) is 2.55. The molecule has 0 fully saturated rings. The van der Waals surface area contributed by atoms with Gasteiger partial charge < -0.3 is 9.84 Å². The van der Waals surface area contributed by atoms with Crippen molar-refractivity contribution >= 4 is 5.97 Å². The van der Waals surface area contributed by atoms with Crippen molar-refractivity contribution in [3.63, 3.8) is 0 Å². The Hall–Kier alpha value is -1.36. The number of nitrogens with zero attached hydrogens (tertiary/aromatic N) is 2. The highest BCUT2D eigenvalue weighted by atomic mass is 16.5. The number of esters is 1. The molecule has 1 aliphatic heterocycles. The fourth-order valence-corrected chi connectivity index (χ4v) is 1.84. The van der Waals surface area contributed by atoms with Gasteiger partial charge in [-0.25, -0.2) is 4.79 Å². The number of hydrogen-bond donors (Lipinski definition) is 1. The lowest BCUT2D eigenvalue weighted by Gasteiger charge is -2.18. The number of hydrogen-bond acceptors (Lipinski definition) is 4. The van der Waals surface area contributed by atoms with Crippen LogP contribution in [0.2, 0.25) is 0 Å². The largest absolute Gasteiger partial charge is 0.458 e. The second kappa shape index (κ2) is 4.25. The minimum Gasteiger partial charge on any atom is -0.458 e. The zero-order valence-electron chi connectivity index (χ0n) is 9.51. The van der Waals surface area contributed by atoms with Crippen molar-refractivity contribution in [3.05, 3.63) is 17.5 Å². The van der Waals surface area contributed by atoms with Crippen LogP contribution in [0.3, 0.4) is 0 Å². The summed E-state index contributed by atoms with van der Waals surface area (Å²) in [5, 5.41) is 13.9. The highest BCUT2D eigenvalue weighted by Gasteiger charge is 2.23. The second-order valence-electron chi connectivity index (χ2n) is 4.29. The predicted octanol–water partition coefficient (Wildman–Crippen LogP) is 1.28. The molecule has 16 heavy (non-hydrogen) atoms. The Kier molecular flexibility index (Phi) is 2.96. The van der Waals surface area contributed by atoms with Gasteiger partial charge >= 0.3 is 5.97 Å². The van der Waals surface area contributed by atoms with Gasteiger partial charge in [-0.05, 0) is 32.8 Å². The predicted molar refractivity (Wildman–Crippen MR) is 57.0 cm³/mol. The lowest BCUT2D eigenvalue weighted by molar-refractivity contribution is 0.0369. The lowest BCUT2D eigenvalue weighted by atomic mass is 10.1. The van der Waals surface area contributed by atoms with Crippen LogP contribution in [0, 0.1) is 0 Å². The smallest absolute Gasteiger partial charge is 0.359 e. The summed E-state index contributed by atoms with van der Waals surface area (Å²) in [6.07, 6.45) is 0.941. The summed E-state index contributed by atoms with van der Waals surface area (Å²) >= 11 is 0.